The Balaban J connectivity index is 2.14. The average Bonchev–Trinajstić information content (AvgIpc) is 2.89. The zero-order valence-corrected chi connectivity index (χ0v) is 10.6. The number of aromatic nitrogens is 1. The Morgan fingerprint density at radius 3 is 3.00 bits per heavy atom. The van der Waals surface area contributed by atoms with Crippen LogP contribution >= 0.6 is 0 Å². The van der Waals surface area contributed by atoms with Crippen LogP contribution in [0.1, 0.15) is 37.2 Å². The first-order chi connectivity index (χ1) is 8.58. The van der Waals surface area contributed by atoms with E-state index in [-0.39, 0.29) is 12.5 Å². The standard InChI is InChI=1S/C13H18N2O3/c1-3-13(2,5-6-16)15-12(17)10-8-11-9(14-10)4-7-18-11/h4,7-8,14,16H,3,5-6H2,1-2H3,(H,15,17). The van der Waals surface area contributed by atoms with Crippen LogP contribution in [-0.2, 0) is 0 Å². The van der Waals surface area contributed by atoms with Crippen molar-refractivity contribution in [2.75, 3.05) is 6.61 Å². The molecule has 1 unspecified atom stereocenters. The second kappa shape index (κ2) is 4.86. The Morgan fingerprint density at radius 1 is 1.61 bits per heavy atom. The molecule has 0 saturated heterocycles. The van der Waals surface area contributed by atoms with Gasteiger partial charge in [0.25, 0.3) is 5.91 Å². The highest BCUT2D eigenvalue weighted by molar-refractivity contribution is 5.97. The lowest BCUT2D eigenvalue weighted by Gasteiger charge is -2.28. The quantitative estimate of drug-likeness (QED) is 0.759. The van der Waals surface area contributed by atoms with Crippen molar-refractivity contribution in [3.8, 4) is 0 Å². The van der Waals surface area contributed by atoms with Crippen LogP contribution in [-0.4, -0.2) is 28.1 Å². The van der Waals surface area contributed by atoms with Gasteiger partial charge in [-0.15, -0.1) is 0 Å². The van der Waals surface area contributed by atoms with Crippen LogP contribution in [0, 0.1) is 0 Å². The molecule has 1 atom stereocenters. The summed E-state index contributed by atoms with van der Waals surface area (Å²) in [5.74, 6) is -0.181. The van der Waals surface area contributed by atoms with Gasteiger partial charge in [-0.3, -0.25) is 4.79 Å². The fraction of sp³-hybridized carbons (Fsp3) is 0.462. The molecule has 0 radical (unpaired) electrons. The third-order valence-corrected chi connectivity index (χ3v) is 3.34. The number of nitrogens with one attached hydrogen (secondary N) is 2. The van der Waals surface area contributed by atoms with Gasteiger partial charge in [-0.1, -0.05) is 6.92 Å². The highest BCUT2D eigenvalue weighted by Crippen LogP contribution is 2.18. The number of H-pyrrole nitrogens is 1. The largest absolute Gasteiger partial charge is 0.463 e. The predicted molar refractivity (Wildman–Crippen MR) is 68.4 cm³/mol. The Labute approximate surface area is 105 Å². The number of carbonyl (C=O) groups excluding carboxylic acids is 1. The molecule has 1 amide bonds. The maximum atomic E-state index is 12.1. The van der Waals surface area contributed by atoms with Crippen molar-refractivity contribution in [3.63, 3.8) is 0 Å². The molecule has 0 saturated carbocycles. The molecule has 5 nitrogen and oxygen atoms in total. The van der Waals surface area contributed by atoms with Gasteiger partial charge >= 0.3 is 0 Å². The number of aromatic amines is 1. The van der Waals surface area contributed by atoms with E-state index in [4.69, 9.17) is 9.52 Å². The van der Waals surface area contributed by atoms with E-state index < -0.39 is 5.54 Å². The molecule has 2 aromatic heterocycles. The van der Waals surface area contributed by atoms with Crippen LogP contribution in [0.25, 0.3) is 11.1 Å². The monoisotopic (exact) mass is 250 g/mol. The Hall–Kier alpha value is -1.75. The molecule has 0 bridgehead atoms. The van der Waals surface area contributed by atoms with Crippen molar-refractivity contribution in [1.82, 2.24) is 10.3 Å². The van der Waals surface area contributed by atoms with Gasteiger partial charge in [0, 0.05) is 24.3 Å². The molecular weight excluding hydrogens is 232 g/mol. The number of fused-ring (bicyclic) bond motifs is 1. The summed E-state index contributed by atoms with van der Waals surface area (Å²) in [6, 6.07) is 3.46. The van der Waals surface area contributed by atoms with E-state index in [1.165, 1.54) is 0 Å². The minimum atomic E-state index is -0.391. The second-order valence-corrected chi connectivity index (χ2v) is 4.72. The van der Waals surface area contributed by atoms with Gasteiger partial charge in [-0.2, -0.15) is 0 Å². The fourth-order valence-electron chi connectivity index (χ4n) is 1.89. The van der Waals surface area contributed by atoms with Gasteiger partial charge in [-0.05, 0) is 19.8 Å². The van der Waals surface area contributed by atoms with E-state index >= 15 is 0 Å². The molecular formula is C13H18N2O3. The van der Waals surface area contributed by atoms with Crippen LogP contribution in [0.5, 0.6) is 0 Å². The molecule has 0 fully saturated rings. The number of carbonyl (C=O) groups is 1. The van der Waals surface area contributed by atoms with Gasteiger partial charge in [0.2, 0.25) is 0 Å². The third kappa shape index (κ3) is 2.41. The van der Waals surface area contributed by atoms with E-state index in [9.17, 15) is 4.79 Å². The Kier molecular flexibility index (Phi) is 3.43. The average molecular weight is 250 g/mol. The highest BCUT2D eigenvalue weighted by Gasteiger charge is 2.25. The molecule has 0 aliphatic carbocycles. The van der Waals surface area contributed by atoms with Gasteiger partial charge in [0.05, 0.1) is 11.8 Å². The number of hydrogen-bond donors (Lipinski definition) is 3. The first-order valence-electron chi connectivity index (χ1n) is 6.07. The molecule has 0 aliphatic rings. The summed E-state index contributed by atoms with van der Waals surface area (Å²) >= 11 is 0. The van der Waals surface area contributed by atoms with Crippen LogP contribution in [0.15, 0.2) is 22.8 Å². The van der Waals surface area contributed by atoms with E-state index in [0.717, 1.165) is 11.9 Å². The van der Waals surface area contributed by atoms with Crippen LogP contribution in [0.3, 0.4) is 0 Å². The number of aliphatic hydroxyl groups is 1. The molecule has 0 aliphatic heterocycles. The van der Waals surface area contributed by atoms with Gasteiger partial charge < -0.3 is 19.8 Å². The molecule has 18 heavy (non-hydrogen) atoms. The van der Waals surface area contributed by atoms with Gasteiger partial charge in [0.1, 0.15) is 5.69 Å². The predicted octanol–water partition coefficient (Wildman–Crippen LogP) is 2.04. The van der Waals surface area contributed by atoms with Gasteiger partial charge in [0.15, 0.2) is 5.58 Å². The minimum Gasteiger partial charge on any atom is -0.463 e. The lowest BCUT2D eigenvalue weighted by Crippen LogP contribution is -2.46. The molecule has 2 heterocycles. The van der Waals surface area contributed by atoms with Crippen molar-refractivity contribution in [2.45, 2.75) is 32.2 Å². The van der Waals surface area contributed by atoms with Crippen molar-refractivity contribution < 1.29 is 14.3 Å². The molecule has 2 rings (SSSR count). The summed E-state index contributed by atoms with van der Waals surface area (Å²) in [5, 5.41) is 12.0. The van der Waals surface area contributed by atoms with Crippen molar-refractivity contribution in [1.29, 1.82) is 0 Å². The van der Waals surface area contributed by atoms with Crippen molar-refractivity contribution >= 4 is 17.0 Å². The Bertz CT molecular complexity index is 515. The number of aliphatic hydroxyl groups excluding tert-OH is 1. The molecule has 98 valence electrons. The maximum absolute atomic E-state index is 12.1. The summed E-state index contributed by atoms with van der Waals surface area (Å²) in [6.45, 7) is 3.96. The van der Waals surface area contributed by atoms with Crippen LogP contribution in [0.4, 0.5) is 0 Å². The second-order valence-electron chi connectivity index (χ2n) is 4.72. The lowest BCUT2D eigenvalue weighted by atomic mass is 9.95. The van der Waals surface area contributed by atoms with E-state index in [1.807, 2.05) is 13.8 Å². The first kappa shape index (κ1) is 12.7. The highest BCUT2D eigenvalue weighted by atomic mass is 16.3. The van der Waals surface area contributed by atoms with Crippen LogP contribution in [0.2, 0.25) is 0 Å². The number of furan rings is 1. The first-order valence-corrected chi connectivity index (χ1v) is 6.07. The summed E-state index contributed by atoms with van der Waals surface area (Å²) in [7, 11) is 0. The summed E-state index contributed by atoms with van der Waals surface area (Å²) in [4.78, 5) is 15.1. The molecule has 5 heteroatoms. The maximum Gasteiger partial charge on any atom is 0.268 e. The lowest BCUT2D eigenvalue weighted by molar-refractivity contribution is 0.0881. The smallest absolute Gasteiger partial charge is 0.268 e. The zero-order valence-electron chi connectivity index (χ0n) is 10.6. The summed E-state index contributed by atoms with van der Waals surface area (Å²) < 4.78 is 5.20. The molecule has 0 aromatic carbocycles. The number of rotatable bonds is 5. The fourth-order valence-corrected chi connectivity index (χ4v) is 1.89. The SMILES string of the molecule is CCC(C)(CCO)NC(=O)c1cc2occc2[nH]1. The zero-order chi connectivity index (χ0) is 13.2. The molecule has 2 aromatic rings. The summed E-state index contributed by atoms with van der Waals surface area (Å²) in [6.07, 6.45) is 2.87. The summed E-state index contributed by atoms with van der Waals surface area (Å²) in [5.41, 5.74) is 1.56. The third-order valence-electron chi connectivity index (χ3n) is 3.34. The van der Waals surface area contributed by atoms with E-state index in [2.05, 4.69) is 10.3 Å². The topological polar surface area (TPSA) is 78.3 Å². The Morgan fingerprint density at radius 2 is 2.39 bits per heavy atom. The molecule has 3 N–H and O–H groups in total. The van der Waals surface area contributed by atoms with E-state index in [1.54, 1.807) is 18.4 Å². The van der Waals surface area contributed by atoms with E-state index in [0.29, 0.717) is 17.7 Å². The van der Waals surface area contributed by atoms with Crippen LogP contribution < -0.4 is 5.32 Å². The molecule has 0 spiro atoms. The normalized spacial score (nSPS) is 14.6. The van der Waals surface area contributed by atoms with Gasteiger partial charge in [-0.25, -0.2) is 0 Å². The van der Waals surface area contributed by atoms with Crippen molar-refractivity contribution in [2.24, 2.45) is 0 Å². The number of amides is 1. The van der Waals surface area contributed by atoms with Crippen molar-refractivity contribution in [3.05, 3.63) is 24.1 Å². The number of hydrogen-bond acceptors (Lipinski definition) is 3. The minimum absolute atomic E-state index is 0.0533.